The van der Waals surface area contributed by atoms with Crippen molar-refractivity contribution in [2.75, 3.05) is 0 Å². The summed E-state index contributed by atoms with van der Waals surface area (Å²) in [6.45, 7) is 0. The van der Waals surface area contributed by atoms with E-state index in [-0.39, 0.29) is 0 Å². The van der Waals surface area contributed by atoms with Gasteiger partial charge in [0.1, 0.15) is 0 Å². The van der Waals surface area contributed by atoms with Crippen LogP contribution in [-0.4, -0.2) is 9.97 Å². The van der Waals surface area contributed by atoms with Crippen LogP contribution in [0, 0.1) is 0 Å². The lowest BCUT2D eigenvalue weighted by atomic mass is 9.95. The van der Waals surface area contributed by atoms with E-state index in [1.54, 1.807) is 0 Å². The fourth-order valence-corrected chi connectivity index (χ4v) is 4.87. The lowest BCUT2D eigenvalue weighted by Gasteiger charge is -2.07. The number of H-pyrrole nitrogens is 2. The quantitative estimate of drug-likeness (QED) is 0.310. The summed E-state index contributed by atoms with van der Waals surface area (Å²) < 4.78 is 0. The Balaban J connectivity index is 2.08. The second-order valence-corrected chi connectivity index (χ2v) is 7.16. The van der Waals surface area contributed by atoms with Gasteiger partial charge in [-0.05, 0) is 45.8 Å². The first-order chi connectivity index (χ1) is 12.9. The zero-order valence-electron chi connectivity index (χ0n) is 13.9. The van der Waals surface area contributed by atoms with E-state index >= 15 is 0 Å². The van der Waals surface area contributed by atoms with Crippen molar-refractivity contribution in [2.45, 2.75) is 0 Å². The van der Waals surface area contributed by atoms with E-state index < -0.39 is 0 Å². The molecule has 0 fully saturated rings. The van der Waals surface area contributed by atoms with Crippen LogP contribution in [0.5, 0.6) is 0 Å². The molecule has 0 spiro atoms. The number of fused-ring (bicyclic) bond motifs is 3. The van der Waals surface area contributed by atoms with Crippen molar-refractivity contribution in [1.82, 2.24) is 9.97 Å². The number of benzene rings is 4. The van der Waals surface area contributed by atoms with E-state index in [1.165, 1.54) is 65.2 Å². The van der Waals surface area contributed by atoms with Crippen LogP contribution in [0.1, 0.15) is 0 Å². The van der Waals surface area contributed by atoms with Crippen LogP contribution in [0.25, 0.3) is 65.2 Å². The molecule has 120 valence electrons. The summed E-state index contributed by atoms with van der Waals surface area (Å²) in [5, 5.41) is 10.5. The predicted octanol–water partition coefficient (Wildman–Crippen LogP) is 6.70. The molecule has 0 aliphatic carbocycles. The van der Waals surface area contributed by atoms with E-state index in [4.69, 9.17) is 0 Å². The summed E-state index contributed by atoms with van der Waals surface area (Å²) in [5.74, 6) is 0. The number of rotatable bonds is 0. The predicted molar refractivity (Wildman–Crippen MR) is 111 cm³/mol. The van der Waals surface area contributed by atoms with Crippen LogP contribution in [0.2, 0.25) is 0 Å². The summed E-state index contributed by atoms with van der Waals surface area (Å²) in [7, 11) is 0. The molecule has 2 heteroatoms. The molecule has 0 saturated heterocycles. The third kappa shape index (κ3) is 1.33. The molecule has 26 heavy (non-hydrogen) atoms. The van der Waals surface area contributed by atoms with Gasteiger partial charge in [0, 0.05) is 43.6 Å². The molecule has 0 aliphatic heterocycles. The van der Waals surface area contributed by atoms with Gasteiger partial charge in [0.2, 0.25) is 0 Å². The Morgan fingerprint density at radius 1 is 0.346 bits per heavy atom. The maximum atomic E-state index is 3.64. The van der Waals surface area contributed by atoms with Gasteiger partial charge in [0.15, 0.2) is 0 Å². The molecule has 0 bridgehead atoms. The zero-order chi connectivity index (χ0) is 16.8. The van der Waals surface area contributed by atoms with E-state index in [0.29, 0.717) is 0 Å². The summed E-state index contributed by atoms with van der Waals surface area (Å²) in [6.07, 6.45) is 0. The minimum atomic E-state index is 1.20. The normalized spacial score (nSPS) is 12.6. The molecule has 2 nitrogen and oxygen atoms in total. The molecule has 0 aliphatic rings. The number of aromatic nitrogens is 2. The lowest BCUT2D eigenvalue weighted by molar-refractivity contribution is 1.53. The first-order valence-electron chi connectivity index (χ1n) is 8.98. The summed E-state index contributed by atoms with van der Waals surface area (Å²) in [5.41, 5.74) is 4.81. The molecule has 0 saturated carbocycles. The van der Waals surface area contributed by atoms with Crippen LogP contribution >= 0.6 is 0 Å². The Kier molecular flexibility index (Phi) is 2.05. The molecule has 2 N–H and O–H groups in total. The molecule has 0 radical (unpaired) electrons. The fraction of sp³-hybridized carbons (Fsp3) is 0. The smallest absolute Gasteiger partial charge is 0.0472 e. The van der Waals surface area contributed by atoms with Crippen molar-refractivity contribution < 1.29 is 0 Å². The average Bonchev–Trinajstić information content (AvgIpc) is 3.24. The highest BCUT2D eigenvalue weighted by molar-refractivity contribution is 6.38. The van der Waals surface area contributed by atoms with Crippen LogP contribution in [-0.2, 0) is 0 Å². The van der Waals surface area contributed by atoms with Crippen LogP contribution in [0.3, 0.4) is 0 Å². The lowest BCUT2D eigenvalue weighted by Crippen LogP contribution is -1.80. The van der Waals surface area contributed by atoms with Gasteiger partial charge in [-0.3, -0.25) is 0 Å². The Hall–Kier alpha value is -3.52. The molecular formula is C24H14N2. The summed E-state index contributed by atoms with van der Waals surface area (Å²) in [4.78, 5) is 7.28. The Labute approximate surface area is 148 Å². The van der Waals surface area contributed by atoms with Crippen molar-refractivity contribution in [3.05, 3.63) is 72.8 Å². The molecule has 0 atom stereocenters. The maximum absolute atomic E-state index is 3.64. The van der Waals surface area contributed by atoms with Crippen molar-refractivity contribution in [3.8, 4) is 0 Å². The molecule has 7 aromatic rings. The summed E-state index contributed by atoms with van der Waals surface area (Å²) >= 11 is 0. The average molecular weight is 330 g/mol. The second kappa shape index (κ2) is 4.17. The van der Waals surface area contributed by atoms with Gasteiger partial charge in [0.25, 0.3) is 0 Å². The number of hydrogen-bond donors (Lipinski definition) is 2. The fourth-order valence-electron chi connectivity index (χ4n) is 4.87. The number of aromatic amines is 2. The van der Waals surface area contributed by atoms with Gasteiger partial charge in [0.05, 0.1) is 0 Å². The highest BCUT2D eigenvalue weighted by Gasteiger charge is 2.17. The topological polar surface area (TPSA) is 31.6 Å². The van der Waals surface area contributed by atoms with Gasteiger partial charge in [-0.15, -0.1) is 0 Å². The number of nitrogens with one attached hydrogen (secondary N) is 2. The van der Waals surface area contributed by atoms with E-state index in [0.717, 1.165) is 0 Å². The molecule has 7 rings (SSSR count). The van der Waals surface area contributed by atoms with Crippen molar-refractivity contribution in [3.63, 3.8) is 0 Å². The first kappa shape index (κ1) is 12.8. The van der Waals surface area contributed by atoms with Gasteiger partial charge >= 0.3 is 0 Å². The molecule has 2 heterocycles. The van der Waals surface area contributed by atoms with Crippen molar-refractivity contribution in [2.24, 2.45) is 0 Å². The molecule has 2 aromatic heterocycles. The van der Waals surface area contributed by atoms with Crippen molar-refractivity contribution >= 4 is 65.2 Å². The Bertz CT molecular complexity index is 1510. The second-order valence-electron chi connectivity index (χ2n) is 7.16. The highest BCUT2D eigenvalue weighted by Crippen LogP contribution is 2.43. The van der Waals surface area contributed by atoms with Crippen LogP contribution in [0.15, 0.2) is 72.8 Å². The third-order valence-electron chi connectivity index (χ3n) is 5.88. The minimum absolute atomic E-state index is 1.20. The third-order valence-corrected chi connectivity index (χ3v) is 5.88. The van der Waals surface area contributed by atoms with Gasteiger partial charge in [-0.25, -0.2) is 0 Å². The van der Waals surface area contributed by atoms with E-state index in [1.807, 2.05) is 0 Å². The van der Waals surface area contributed by atoms with Crippen molar-refractivity contribution in [1.29, 1.82) is 0 Å². The largest absolute Gasteiger partial charge is 0.354 e. The van der Waals surface area contributed by atoms with E-state index in [2.05, 4.69) is 82.8 Å². The van der Waals surface area contributed by atoms with Gasteiger partial charge < -0.3 is 9.97 Å². The van der Waals surface area contributed by atoms with E-state index in [9.17, 15) is 0 Å². The standard InChI is InChI=1S/C24H14N2/c1-2-6-14-13(5-1)15-7-3-9-17-21(15)23-19(25-17)11-12-20-24(23)22-16(14)8-4-10-18(22)26-20/h1-12,25-26H. The molecular weight excluding hydrogens is 316 g/mol. The monoisotopic (exact) mass is 330 g/mol. The SMILES string of the molecule is c1ccc2c(c1)c1cccc3[nH]c4ccc5[nH]c6cccc2c6c5c4c31. The Morgan fingerprint density at radius 3 is 1.27 bits per heavy atom. The van der Waals surface area contributed by atoms with Gasteiger partial charge in [-0.1, -0.05) is 48.5 Å². The minimum Gasteiger partial charge on any atom is -0.354 e. The zero-order valence-corrected chi connectivity index (χ0v) is 13.9. The molecule has 5 aromatic carbocycles. The summed E-state index contributed by atoms with van der Waals surface area (Å²) in [6, 6.07) is 26.4. The van der Waals surface area contributed by atoms with Gasteiger partial charge in [-0.2, -0.15) is 0 Å². The first-order valence-corrected chi connectivity index (χ1v) is 8.98. The Morgan fingerprint density at radius 2 is 0.769 bits per heavy atom. The number of hydrogen-bond acceptors (Lipinski definition) is 0. The van der Waals surface area contributed by atoms with Crippen LogP contribution < -0.4 is 0 Å². The molecule has 0 amide bonds. The highest BCUT2D eigenvalue weighted by atomic mass is 14.7. The van der Waals surface area contributed by atoms with Crippen LogP contribution in [0.4, 0.5) is 0 Å². The molecule has 0 unspecified atom stereocenters. The maximum Gasteiger partial charge on any atom is 0.0472 e.